The predicted molar refractivity (Wildman–Crippen MR) is 80.0 cm³/mol. The van der Waals surface area contributed by atoms with E-state index >= 15 is 0 Å². The van der Waals surface area contributed by atoms with Gasteiger partial charge in [-0.25, -0.2) is 4.98 Å². The molecule has 1 heterocycles. The lowest BCUT2D eigenvalue weighted by atomic mass is 10.2. The van der Waals surface area contributed by atoms with Crippen molar-refractivity contribution in [2.24, 2.45) is 0 Å². The zero-order valence-electron chi connectivity index (χ0n) is 10.7. The molecule has 1 N–H and O–H groups in total. The van der Waals surface area contributed by atoms with E-state index in [9.17, 15) is 0 Å². The van der Waals surface area contributed by atoms with Crippen molar-refractivity contribution in [1.82, 2.24) is 4.98 Å². The lowest BCUT2D eigenvalue weighted by molar-refractivity contribution is 1.11. The molecule has 0 aliphatic carbocycles. The summed E-state index contributed by atoms with van der Waals surface area (Å²) in [5.41, 5.74) is 2.17. The van der Waals surface area contributed by atoms with Gasteiger partial charge in [-0.15, -0.1) is 11.3 Å². The second-order valence-electron chi connectivity index (χ2n) is 4.26. The van der Waals surface area contributed by atoms with Gasteiger partial charge in [-0.1, -0.05) is 11.6 Å². The van der Waals surface area contributed by atoms with Crippen LogP contribution in [-0.4, -0.2) is 19.1 Å². The summed E-state index contributed by atoms with van der Waals surface area (Å²) in [6, 6.07) is 5.87. The Kier molecular flexibility index (Phi) is 4.09. The van der Waals surface area contributed by atoms with Crippen molar-refractivity contribution in [1.29, 1.82) is 0 Å². The van der Waals surface area contributed by atoms with E-state index in [1.807, 2.05) is 45.4 Å². The van der Waals surface area contributed by atoms with Gasteiger partial charge in [0.2, 0.25) is 0 Å². The number of hydrogen-bond acceptors (Lipinski definition) is 4. The van der Waals surface area contributed by atoms with Crippen molar-refractivity contribution in [2.45, 2.75) is 13.5 Å². The fourth-order valence-electron chi connectivity index (χ4n) is 1.71. The molecule has 0 saturated heterocycles. The van der Waals surface area contributed by atoms with Gasteiger partial charge in [0.05, 0.1) is 22.9 Å². The number of anilines is 2. The van der Waals surface area contributed by atoms with Gasteiger partial charge in [0.25, 0.3) is 0 Å². The van der Waals surface area contributed by atoms with E-state index in [2.05, 4.69) is 15.2 Å². The number of nitrogens with one attached hydrogen (secondary N) is 1. The van der Waals surface area contributed by atoms with Gasteiger partial charge in [0, 0.05) is 30.2 Å². The van der Waals surface area contributed by atoms with Gasteiger partial charge in [0.1, 0.15) is 0 Å². The van der Waals surface area contributed by atoms with Crippen LogP contribution in [0.2, 0.25) is 5.02 Å². The zero-order chi connectivity index (χ0) is 13.1. The number of halogens is 1. The molecule has 1 aromatic carbocycles. The molecule has 0 aliphatic rings. The maximum absolute atomic E-state index is 6.04. The first-order chi connectivity index (χ1) is 8.56. The molecule has 0 unspecified atom stereocenters. The average molecular weight is 282 g/mol. The summed E-state index contributed by atoms with van der Waals surface area (Å²) < 4.78 is 0. The molecule has 96 valence electrons. The molecule has 2 aromatic rings. The second-order valence-corrected chi connectivity index (χ2v) is 6.01. The first-order valence-electron chi connectivity index (χ1n) is 5.68. The predicted octanol–water partition coefficient (Wildman–Crippen LogP) is 3.78. The minimum atomic E-state index is 0.739. The lowest BCUT2D eigenvalue weighted by Gasteiger charge is -2.18. The SMILES string of the molecule is Cc1ncc(CNc2cc(Cl)ccc2N(C)C)s1. The number of rotatable bonds is 4. The van der Waals surface area contributed by atoms with Crippen LogP contribution < -0.4 is 10.2 Å². The fraction of sp³-hybridized carbons (Fsp3) is 0.308. The van der Waals surface area contributed by atoms with E-state index in [1.165, 1.54) is 4.88 Å². The average Bonchev–Trinajstić information content (AvgIpc) is 2.72. The van der Waals surface area contributed by atoms with Crippen molar-refractivity contribution in [2.75, 3.05) is 24.3 Å². The van der Waals surface area contributed by atoms with E-state index in [0.29, 0.717) is 0 Å². The van der Waals surface area contributed by atoms with Crippen LogP contribution in [0, 0.1) is 6.92 Å². The molecule has 2 rings (SSSR count). The van der Waals surface area contributed by atoms with Gasteiger partial charge in [-0.3, -0.25) is 0 Å². The minimum absolute atomic E-state index is 0.739. The topological polar surface area (TPSA) is 28.2 Å². The van der Waals surface area contributed by atoms with Gasteiger partial charge in [-0.2, -0.15) is 0 Å². The van der Waals surface area contributed by atoms with E-state index < -0.39 is 0 Å². The number of aryl methyl sites for hydroxylation is 1. The highest BCUT2D eigenvalue weighted by atomic mass is 35.5. The summed E-state index contributed by atoms with van der Waals surface area (Å²) in [7, 11) is 4.04. The summed E-state index contributed by atoms with van der Waals surface area (Å²) in [6.45, 7) is 2.78. The summed E-state index contributed by atoms with van der Waals surface area (Å²) in [5, 5.41) is 5.24. The molecule has 18 heavy (non-hydrogen) atoms. The molecule has 0 spiro atoms. The van der Waals surface area contributed by atoms with Crippen molar-refractivity contribution < 1.29 is 0 Å². The molecule has 0 radical (unpaired) electrons. The number of thiazole rings is 1. The highest BCUT2D eigenvalue weighted by Gasteiger charge is 2.06. The molecule has 0 bridgehead atoms. The lowest BCUT2D eigenvalue weighted by Crippen LogP contribution is -2.11. The van der Waals surface area contributed by atoms with Crippen LogP contribution in [0.4, 0.5) is 11.4 Å². The normalized spacial score (nSPS) is 10.4. The molecule has 5 heteroatoms. The third kappa shape index (κ3) is 3.15. The van der Waals surface area contributed by atoms with Crippen LogP contribution in [0.25, 0.3) is 0 Å². The van der Waals surface area contributed by atoms with Crippen LogP contribution in [0.5, 0.6) is 0 Å². The largest absolute Gasteiger partial charge is 0.378 e. The maximum atomic E-state index is 6.04. The Hall–Kier alpha value is -1.26. The smallest absolute Gasteiger partial charge is 0.0897 e. The van der Waals surface area contributed by atoms with E-state index in [4.69, 9.17) is 11.6 Å². The Labute approximate surface area is 116 Å². The fourth-order valence-corrected chi connectivity index (χ4v) is 2.62. The number of nitrogens with zero attached hydrogens (tertiary/aromatic N) is 2. The van der Waals surface area contributed by atoms with Gasteiger partial charge < -0.3 is 10.2 Å². The highest BCUT2D eigenvalue weighted by molar-refractivity contribution is 7.11. The molecule has 3 nitrogen and oxygen atoms in total. The minimum Gasteiger partial charge on any atom is -0.378 e. The van der Waals surface area contributed by atoms with Crippen LogP contribution in [0.1, 0.15) is 9.88 Å². The van der Waals surface area contributed by atoms with E-state index in [1.54, 1.807) is 11.3 Å². The van der Waals surface area contributed by atoms with Crippen molar-refractivity contribution in [3.05, 3.63) is 39.3 Å². The molecular weight excluding hydrogens is 266 g/mol. The third-order valence-electron chi connectivity index (χ3n) is 2.56. The Bertz CT molecular complexity index is 537. The zero-order valence-corrected chi connectivity index (χ0v) is 12.3. The molecule has 0 atom stereocenters. The first-order valence-corrected chi connectivity index (χ1v) is 6.88. The quantitative estimate of drug-likeness (QED) is 0.924. The van der Waals surface area contributed by atoms with Gasteiger partial charge in [-0.05, 0) is 25.1 Å². The summed E-state index contributed by atoms with van der Waals surface area (Å²) in [6.07, 6.45) is 1.91. The number of benzene rings is 1. The van der Waals surface area contributed by atoms with E-state index in [-0.39, 0.29) is 0 Å². The molecule has 0 fully saturated rings. The Balaban J connectivity index is 2.15. The Morgan fingerprint density at radius 2 is 2.17 bits per heavy atom. The number of hydrogen-bond donors (Lipinski definition) is 1. The molecule has 1 aromatic heterocycles. The van der Waals surface area contributed by atoms with Crippen molar-refractivity contribution in [3.63, 3.8) is 0 Å². The van der Waals surface area contributed by atoms with Crippen LogP contribution in [0.15, 0.2) is 24.4 Å². The monoisotopic (exact) mass is 281 g/mol. The summed E-state index contributed by atoms with van der Waals surface area (Å²) >= 11 is 7.74. The molecular formula is C13H16ClN3S. The second kappa shape index (κ2) is 5.59. The molecule has 0 saturated carbocycles. The third-order valence-corrected chi connectivity index (χ3v) is 3.71. The van der Waals surface area contributed by atoms with Crippen LogP contribution in [-0.2, 0) is 6.54 Å². The van der Waals surface area contributed by atoms with Gasteiger partial charge in [0.15, 0.2) is 0 Å². The van der Waals surface area contributed by atoms with Crippen LogP contribution in [0.3, 0.4) is 0 Å². The van der Waals surface area contributed by atoms with Crippen LogP contribution >= 0.6 is 22.9 Å². The summed E-state index contributed by atoms with van der Waals surface area (Å²) in [5.74, 6) is 0. The standard InChI is InChI=1S/C13H16ClN3S/c1-9-15-7-11(18-9)8-16-12-6-10(14)4-5-13(12)17(2)3/h4-7,16H,8H2,1-3H3. The van der Waals surface area contributed by atoms with E-state index in [0.717, 1.165) is 27.9 Å². The maximum Gasteiger partial charge on any atom is 0.0897 e. The molecule has 0 aliphatic heterocycles. The van der Waals surface area contributed by atoms with Crippen molar-refractivity contribution >= 4 is 34.3 Å². The highest BCUT2D eigenvalue weighted by Crippen LogP contribution is 2.28. The Morgan fingerprint density at radius 3 is 2.78 bits per heavy atom. The van der Waals surface area contributed by atoms with Crippen molar-refractivity contribution in [3.8, 4) is 0 Å². The summed E-state index contributed by atoms with van der Waals surface area (Å²) in [4.78, 5) is 7.53. The van der Waals surface area contributed by atoms with Gasteiger partial charge >= 0.3 is 0 Å². The number of aromatic nitrogens is 1. The Morgan fingerprint density at radius 1 is 1.39 bits per heavy atom. The molecule has 0 amide bonds. The first kappa shape index (κ1) is 13.2.